The molecule has 0 unspecified atom stereocenters. The number of thiazole rings is 1. The molecule has 0 atom stereocenters. The Bertz CT molecular complexity index is 873. The van der Waals surface area contributed by atoms with Crippen molar-refractivity contribution in [3.8, 4) is 16.3 Å². The summed E-state index contributed by atoms with van der Waals surface area (Å²) in [6, 6.07) is 11.4. The third-order valence-corrected chi connectivity index (χ3v) is 4.66. The number of aromatic nitrogens is 2. The van der Waals surface area contributed by atoms with Crippen molar-refractivity contribution in [1.29, 1.82) is 0 Å². The standard InChI is InChI=1S/C19H20N4O2S/c1-23(2)17-9-6-14(11-20-17)21-18(24)10-15-12-26-19(22-15)13-4-7-16(25-3)8-5-13/h4-9,11-12H,10H2,1-3H3,(H,21,24). The highest BCUT2D eigenvalue weighted by Crippen LogP contribution is 2.26. The van der Waals surface area contributed by atoms with Gasteiger partial charge in [-0.15, -0.1) is 11.3 Å². The zero-order valence-electron chi connectivity index (χ0n) is 14.9. The average molecular weight is 368 g/mol. The highest BCUT2D eigenvalue weighted by Gasteiger charge is 2.10. The van der Waals surface area contributed by atoms with Gasteiger partial charge in [0.2, 0.25) is 5.91 Å². The SMILES string of the molecule is COc1ccc(-c2nc(CC(=O)Nc3ccc(N(C)C)nc3)cs2)cc1. The van der Waals surface area contributed by atoms with Crippen molar-refractivity contribution in [2.45, 2.75) is 6.42 Å². The van der Waals surface area contributed by atoms with Crippen molar-refractivity contribution in [1.82, 2.24) is 9.97 Å². The molecule has 0 radical (unpaired) electrons. The molecule has 2 heterocycles. The van der Waals surface area contributed by atoms with Gasteiger partial charge in [-0.05, 0) is 36.4 Å². The summed E-state index contributed by atoms with van der Waals surface area (Å²) in [5, 5.41) is 5.64. The summed E-state index contributed by atoms with van der Waals surface area (Å²) in [7, 11) is 5.48. The van der Waals surface area contributed by atoms with Gasteiger partial charge < -0.3 is 15.0 Å². The van der Waals surface area contributed by atoms with Gasteiger partial charge in [-0.3, -0.25) is 4.79 Å². The number of hydrogen-bond acceptors (Lipinski definition) is 6. The number of hydrogen-bond donors (Lipinski definition) is 1. The maximum atomic E-state index is 12.2. The minimum atomic E-state index is -0.115. The summed E-state index contributed by atoms with van der Waals surface area (Å²) in [5.41, 5.74) is 2.42. The molecule has 0 saturated carbocycles. The lowest BCUT2D eigenvalue weighted by Gasteiger charge is -2.11. The van der Waals surface area contributed by atoms with Crippen LogP contribution in [0.5, 0.6) is 5.75 Å². The van der Waals surface area contributed by atoms with E-state index in [0.29, 0.717) is 5.69 Å². The number of anilines is 2. The number of ether oxygens (including phenoxy) is 1. The summed E-state index contributed by atoms with van der Waals surface area (Å²) in [6.07, 6.45) is 1.87. The van der Waals surface area contributed by atoms with E-state index in [2.05, 4.69) is 15.3 Å². The molecule has 1 amide bonds. The van der Waals surface area contributed by atoms with Crippen LogP contribution >= 0.6 is 11.3 Å². The zero-order valence-corrected chi connectivity index (χ0v) is 15.7. The first-order valence-electron chi connectivity index (χ1n) is 8.07. The fourth-order valence-electron chi connectivity index (χ4n) is 2.35. The number of amides is 1. The summed E-state index contributed by atoms with van der Waals surface area (Å²) in [4.78, 5) is 23.0. The normalized spacial score (nSPS) is 10.4. The topological polar surface area (TPSA) is 67.3 Å². The molecule has 0 fully saturated rings. The molecule has 0 bridgehead atoms. The molecule has 3 rings (SSSR count). The van der Waals surface area contributed by atoms with E-state index in [0.717, 1.165) is 27.8 Å². The highest BCUT2D eigenvalue weighted by atomic mass is 32.1. The Morgan fingerprint density at radius 2 is 1.96 bits per heavy atom. The van der Waals surface area contributed by atoms with E-state index in [9.17, 15) is 4.79 Å². The van der Waals surface area contributed by atoms with Gasteiger partial charge in [-0.25, -0.2) is 9.97 Å². The Balaban J connectivity index is 1.61. The lowest BCUT2D eigenvalue weighted by Crippen LogP contribution is -2.15. The molecule has 134 valence electrons. The molecule has 0 aliphatic rings. The van der Waals surface area contributed by atoms with Crippen molar-refractivity contribution in [2.24, 2.45) is 0 Å². The van der Waals surface area contributed by atoms with Gasteiger partial charge in [0.05, 0.1) is 31.1 Å². The quantitative estimate of drug-likeness (QED) is 0.722. The van der Waals surface area contributed by atoms with Crippen LogP contribution < -0.4 is 15.0 Å². The van der Waals surface area contributed by atoms with Gasteiger partial charge in [0.25, 0.3) is 0 Å². The molecule has 1 N–H and O–H groups in total. The molecule has 6 nitrogen and oxygen atoms in total. The number of methoxy groups -OCH3 is 1. The van der Waals surface area contributed by atoms with E-state index in [1.54, 1.807) is 13.3 Å². The van der Waals surface area contributed by atoms with E-state index in [1.165, 1.54) is 11.3 Å². The van der Waals surface area contributed by atoms with E-state index in [-0.39, 0.29) is 12.3 Å². The molecule has 2 aromatic heterocycles. The number of nitrogens with one attached hydrogen (secondary N) is 1. The number of carbonyl (C=O) groups excluding carboxylic acids is 1. The van der Waals surface area contributed by atoms with Crippen LogP contribution in [0.25, 0.3) is 10.6 Å². The summed E-state index contributed by atoms with van der Waals surface area (Å²) < 4.78 is 5.16. The van der Waals surface area contributed by atoms with Crippen LogP contribution in [0.4, 0.5) is 11.5 Å². The Morgan fingerprint density at radius 3 is 2.58 bits per heavy atom. The van der Waals surface area contributed by atoms with Gasteiger partial charge in [0, 0.05) is 25.0 Å². The zero-order chi connectivity index (χ0) is 18.5. The van der Waals surface area contributed by atoms with E-state index in [1.807, 2.05) is 60.8 Å². The first-order valence-corrected chi connectivity index (χ1v) is 8.95. The van der Waals surface area contributed by atoms with Crippen LogP contribution in [-0.2, 0) is 11.2 Å². The maximum Gasteiger partial charge on any atom is 0.230 e. The fraction of sp³-hybridized carbons (Fsp3) is 0.211. The van der Waals surface area contributed by atoms with Crippen LogP contribution in [0.15, 0.2) is 48.0 Å². The lowest BCUT2D eigenvalue weighted by atomic mass is 10.2. The summed E-state index contributed by atoms with van der Waals surface area (Å²) >= 11 is 1.52. The second kappa shape index (κ2) is 7.97. The van der Waals surface area contributed by atoms with Crippen LogP contribution in [-0.4, -0.2) is 37.1 Å². The van der Waals surface area contributed by atoms with E-state index >= 15 is 0 Å². The van der Waals surface area contributed by atoms with Gasteiger partial charge >= 0.3 is 0 Å². The molecule has 1 aromatic carbocycles. The third kappa shape index (κ3) is 4.37. The highest BCUT2D eigenvalue weighted by molar-refractivity contribution is 7.13. The maximum absolute atomic E-state index is 12.2. The van der Waals surface area contributed by atoms with Crippen LogP contribution in [0.3, 0.4) is 0 Å². The Hall–Kier alpha value is -2.93. The first kappa shape index (κ1) is 17.9. The number of rotatable bonds is 6. The van der Waals surface area contributed by atoms with Crippen LogP contribution in [0.1, 0.15) is 5.69 Å². The molecule has 0 aliphatic heterocycles. The minimum Gasteiger partial charge on any atom is -0.497 e. The fourth-order valence-corrected chi connectivity index (χ4v) is 3.17. The number of benzene rings is 1. The predicted octanol–water partition coefficient (Wildman–Crippen LogP) is 3.46. The van der Waals surface area contributed by atoms with Gasteiger partial charge in [0.1, 0.15) is 16.6 Å². The van der Waals surface area contributed by atoms with Crippen molar-refractivity contribution in [3.05, 3.63) is 53.7 Å². The number of nitrogens with zero attached hydrogens (tertiary/aromatic N) is 3. The smallest absolute Gasteiger partial charge is 0.230 e. The molecule has 0 spiro atoms. The van der Waals surface area contributed by atoms with Crippen molar-refractivity contribution >= 4 is 28.7 Å². The summed E-state index contributed by atoms with van der Waals surface area (Å²) in [5.74, 6) is 1.53. The molecular weight excluding hydrogens is 348 g/mol. The average Bonchev–Trinajstić information content (AvgIpc) is 3.10. The van der Waals surface area contributed by atoms with Crippen molar-refractivity contribution < 1.29 is 9.53 Å². The number of carbonyl (C=O) groups is 1. The van der Waals surface area contributed by atoms with E-state index in [4.69, 9.17) is 4.74 Å². The largest absolute Gasteiger partial charge is 0.497 e. The van der Waals surface area contributed by atoms with Crippen LogP contribution in [0, 0.1) is 0 Å². The third-order valence-electron chi connectivity index (χ3n) is 3.72. The van der Waals surface area contributed by atoms with Gasteiger partial charge in [-0.1, -0.05) is 0 Å². The Kier molecular flexibility index (Phi) is 5.48. The Morgan fingerprint density at radius 1 is 1.19 bits per heavy atom. The second-order valence-electron chi connectivity index (χ2n) is 5.90. The molecule has 7 heteroatoms. The first-order chi connectivity index (χ1) is 12.5. The minimum absolute atomic E-state index is 0.115. The van der Waals surface area contributed by atoms with Gasteiger partial charge in [-0.2, -0.15) is 0 Å². The van der Waals surface area contributed by atoms with Crippen molar-refractivity contribution in [2.75, 3.05) is 31.4 Å². The molecule has 0 saturated heterocycles. The molecule has 26 heavy (non-hydrogen) atoms. The second-order valence-corrected chi connectivity index (χ2v) is 6.76. The van der Waals surface area contributed by atoms with Crippen molar-refractivity contribution in [3.63, 3.8) is 0 Å². The molecule has 3 aromatic rings. The number of pyridine rings is 1. The molecular formula is C19H20N4O2S. The van der Waals surface area contributed by atoms with E-state index < -0.39 is 0 Å². The summed E-state index contributed by atoms with van der Waals surface area (Å²) in [6.45, 7) is 0. The lowest BCUT2D eigenvalue weighted by molar-refractivity contribution is -0.115. The monoisotopic (exact) mass is 368 g/mol. The van der Waals surface area contributed by atoms with Crippen LogP contribution in [0.2, 0.25) is 0 Å². The Labute approximate surface area is 156 Å². The predicted molar refractivity (Wildman–Crippen MR) is 105 cm³/mol. The molecule has 0 aliphatic carbocycles. The van der Waals surface area contributed by atoms with Gasteiger partial charge in [0.15, 0.2) is 0 Å².